The minimum Gasteiger partial charge on any atom is -0.379 e. The monoisotopic (exact) mass is 264 g/mol. The highest BCUT2D eigenvalue weighted by atomic mass is 28.2. The van der Waals surface area contributed by atoms with Crippen molar-refractivity contribution < 1.29 is 23.7 Å². The van der Waals surface area contributed by atoms with Gasteiger partial charge in [0.15, 0.2) is 6.29 Å². The first-order valence-electron chi connectivity index (χ1n) is 6.19. The third kappa shape index (κ3) is 8.70. The maximum Gasteiger partial charge on any atom is 0.180 e. The van der Waals surface area contributed by atoms with Crippen molar-refractivity contribution in [3.63, 3.8) is 0 Å². The summed E-state index contributed by atoms with van der Waals surface area (Å²) in [5.74, 6) is 0. The molecule has 2 unspecified atom stereocenters. The van der Waals surface area contributed by atoms with E-state index in [1.807, 2.05) is 0 Å². The minimum absolute atomic E-state index is 0.159. The molecule has 102 valence electrons. The summed E-state index contributed by atoms with van der Waals surface area (Å²) in [5, 5.41) is 0. The van der Waals surface area contributed by atoms with Crippen LogP contribution in [0.25, 0.3) is 0 Å². The van der Waals surface area contributed by atoms with Gasteiger partial charge in [0.1, 0.15) is 6.10 Å². The minimum atomic E-state index is -0.212. The average Bonchev–Trinajstić information content (AvgIpc) is 3.15. The van der Waals surface area contributed by atoms with Crippen molar-refractivity contribution in [3.05, 3.63) is 0 Å². The molecule has 1 aliphatic rings. The summed E-state index contributed by atoms with van der Waals surface area (Å²) in [6.07, 6.45) is 2.14. The van der Waals surface area contributed by atoms with Crippen molar-refractivity contribution in [1.82, 2.24) is 0 Å². The molecule has 0 aromatic rings. The van der Waals surface area contributed by atoms with Crippen LogP contribution >= 0.6 is 0 Å². The van der Waals surface area contributed by atoms with E-state index >= 15 is 0 Å². The van der Waals surface area contributed by atoms with Gasteiger partial charge in [-0.1, -0.05) is 6.04 Å². The van der Waals surface area contributed by atoms with Gasteiger partial charge in [-0.05, 0) is 6.42 Å². The van der Waals surface area contributed by atoms with E-state index < -0.39 is 0 Å². The molecule has 0 radical (unpaired) electrons. The van der Waals surface area contributed by atoms with Gasteiger partial charge in [0, 0.05) is 27.1 Å². The standard InChI is InChI=1S/C11H24O5Si/c1-12-8-11(13-2)16-9-17-5-3-4-14-6-10-7-15-10/h10-11H,3-9,17H2,1-2H3. The molecule has 0 spiro atoms. The molecule has 0 saturated carbocycles. The molecule has 17 heavy (non-hydrogen) atoms. The normalized spacial score (nSPS) is 21.2. The Morgan fingerprint density at radius 1 is 1.41 bits per heavy atom. The first-order chi connectivity index (χ1) is 8.36. The van der Waals surface area contributed by atoms with E-state index in [1.54, 1.807) is 14.2 Å². The number of methoxy groups -OCH3 is 2. The summed E-state index contributed by atoms with van der Waals surface area (Å²) in [7, 11) is 3.13. The highest BCUT2D eigenvalue weighted by Crippen LogP contribution is 2.08. The number of hydrogen-bond acceptors (Lipinski definition) is 5. The summed E-state index contributed by atoms with van der Waals surface area (Å²) in [6.45, 7) is 2.98. The summed E-state index contributed by atoms with van der Waals surface area (Å²) in [4.78, 5) is 0. The van der Waals surface area contributed by atoms with Crippen molar-refractivity contribution in [3.8, 4) is 0 Å². The number of epoxide rings is 1. The summed E-state index contributed by atoms with van der Waals surface area (Å²) in [6, 6.07) is 1.24. The molecule has 0 aromatic carbocycles. The summed E-state index contributed by atoms with van der Waals surface area (Å²) >= 11 is 0. The molecule has 1 fully saturated rings. The fraction of sp³-hybridized carbons (Fsp3) is 1.00. The van der Waals surface area contributed by atoms with Crippen LogP contribution in [0, 0.1) is 0 Å². The Hall–Kier alpha value is 0.0169. The fourth-order valence-corrected chi connectivity index (χ4v) is 2.59. The first-order valence-corrected chi connectivity index (χ1v) is 8.19. The number of ether oxygens (including phenoxy) is 5. The van der Waals surface area contributed by atoms with Gasteiger partial charge in [-0.2, -0.15) is 0 Å². The third-order valence-electron chi connectivity index (χ3n) is 2.51. The van der Waals surface area contributed by atoms with E-state index in [4.69, 9.17) is 23.7 Å². The van der Waals surface area contributed by atoms with Gasteiger partial charge in [-0.3, -0.25) is 0 Å². The van der Waals surface area contributed by atoms with Gasteiger partial charge in [0.25, 0.3) is 0 Å². The van der Waals surface area contributed by atoms with Crippen molar-refractivity contribution in [2.24, 2.45) is 0 Å². The molecule has 0 aliphatic carbocycles. The zero-order chi connectivity index (χ0) is 12.3. The maximum atomic E-state index is 5.54. The van der Waals surface area contributed by atoms with Crippen molar-refractivity contribution >= 4 is 9.52 Å². The number of rotatable bonds is 12. The van der Waals surface area contributed by atoms with Crippen LogP contribution in [0.5, 0.6) is 0 Å². The molecule has 0 N–H and O–H groups in total. The first kappa shape index (κ1) is 15.1. The van der Waals surface area contributed by atoms with E-state index in [9.17, 15) is 0 Å². The molecule has 1 heterocycles. The predicted octanol–water partition coefficient (Wildman–Crippen LogP) is -0.0280. The second kappa shape index (κ2) is 9.99. The maximum absolute atomic E-state index is 5.54. The van der Waals surface area contributed by atoms with Crippen LogP contribution in [0.15, 0.2) is 0 Å². The average molecular weight is 264 g/mol. The van der Waals surface area contributed by atoms with Gasteiger partial charge in [0.2, 0.25) is 0 Å². The van der Waals surface area contributed by atoms with Gasteiger partial charge in [0.05, 0.1) is 29.3 Å². The lowest BCUT2D eigenvalue weighted by atomic mass is 10.5. The Morgan fingerprint density at radius 3 is 2.88 bits per heavy atom. The van der Waals surface area contributed by atoms with E-state index in [-0.39, 0.29) is 15.8 Å². The van der Waals surface area contributed by atoms with Crippen LogP contribution in [-0.2, 0) is 23.7 Å². The van der Waals surface area contributed by atoms with Crippen molar-refractivity contribution in [2.45, 2.75) is 24.9 Å². The van der Waals surface area contributed by atoms with Crippen molar-refractivity contribution in [1.29, 1.82) is 0 Å². The molecule has 6 heteroatoms. The lowest BCUT2D eigenvalue weighted by Crippen LogP contribution is -2.23. The molecule has 0 amide bonds. The molecule has 1 saturated heterocycles. The SMILES string of the molecule is COCC(OC)OC[SiH2]CCCOCC1CO1. The quantitative estimate of drug-likeness (QED) is 0.214. The zero-order valence-corrected chi connectivity index (χ0v) is 12.3. The zero-order valence-electron chi connectivity index (χ0n) is 10.9. The molecule has 1 aliphatic heterocycles. The summed E-state index contributed by atoms with van der Waals surface area (Å²) in [5.41, 5.74) is 0. The second-order valence-electron chi connectivity index (χ2n) is 4.08. The van der Waals surface area contributed by atoms with Gasteiger partial charge in [-0.15, -0.1) is 0 Å². The highest BCUT2D eigenvalue weighted by molar-refractivity contribution is 6.35. The Bertz CT molecular complexity index is 177. The Balaban J connectivity index is 1.76. The lowest BCUT2D eigenvalue weighted by molar-refractivity contribution is -0.140. The van der Waals surface area contributed by atoms with Gasteiger partial charge in [-0.25, -0.2) is 0 Å². The predicted molar refractivity (Wildman–Crippen MR) is 67.2 cm³/mol. The molecule has 1 rings (SSSR count). The lowest BCUT2D eigenvalue weighted by Gasteiger charge is -2.14. The molecule has 2 atom stereocenters. The molecular weight excluding hydrogens is 240 g/mol. The van der Waals surface area contributed by atoms with Crippen LogP contribution < -0.4 is 0 Å². The van der Waals surface area contributed by atoms with Crippen LogP contribution in [0.2, 0.25) is 6.04 Å². The fourth-order valence-electron chi connectivity index (χ4n) is 1.40. The van der Waals surface area contributed by atoms with E-state index in [1.165, 1.54) is 6.04 Å². The Labute approximate surface area is 106 Å². The largest absolute Gasteiger partial charge is 0.379 e. The topological polar surface area (TPSA) is 49.5 Å². The van der Waals surface area contributed by atoms with E-state index in [0.717, 1.165) is 32.5 Å². The Kier molecular flexibility index (Phi) is 8.86. The number of hydrogen-bond donors (Lipinski definition) is 0. The molecule has 0 bridgehead atoms. The molecule has 0 aromatic heterocycles. The van der Waals surface area contributed by atoms with Crippen molar-refractivity contribution in [2.75, 3.05) is 46.9 Å². The van der Waals surface area contributed by atoms with Crippen LogP contribution in [0.1, 0.15) is 6.42 Å². The summed E-state index contributed by atoms with van der Waals surface area (Å²) < 4.78 is 26.1. The van der Waals surface area contributed by atoms with Crippen LogP contribution in [-0.4, -0.2) is 68.8 Å². The second-order valence-corrected chi connectivity index (χ2v) is 5.90. The van der Waals surface area contributed by atoms with Crippen LogP contribution in [0.4, 0.5) is 0 Å². The Morgan fingerprint density at radius 2 is 2.24 bits per heavy atom. The highest BCUT2D eigenvalue weighted by Gasteiger charge is 2.21. The van der Waals surface area contributed by atoms with Gasteiger partial charge >= 0.3 is 0 Å². The van der Waals surface area contributed by atoms with Crippen LogP contribution in [0.3, 0.4) is 0 Å². The van der Waals surface area contributed by atoms with Gasteiger partial charge < -0.3 is 23.7 Å². The smallest absolute Gasteiger partial charge is 0.180 e. The molecular formula is C11H24O5Si. The van der Waals surface area contributed by atoms with E-state index in [2.05, 4.69) is 0 Å². The van der Waals surface area contributed by atoms with E-state index in [0.29, 0.717) is 12.7 Å². The third-order valence-corrected chi connectivity index (χ3v) is 4.03. The molecule has 5 nitrogen and oxygen atoms in total.